The van der Waals surface area contributed by atoms with Crippen molar-refractivity contribution in [2.75, 3.05) is 6.61 Å². The molecule has 0 heterocycles. The molecule has 1 rings (SSSR count). The van der Waals surface area contributed by atoms with Crippen LogP contribution in [0.15, 0.2) is 47.0 Å². The van der Waals surface area contributed by atoms with Gasteiger partial charge in [-0.25, -0.2) is 0 Å². The van der Waals surface area contributed by atoms with Crippen LogP contribution in [0.25, 0.3) is 0 Å². The molecule has 2 heteroatoms. The van der Waals surface area contributed by atoms with Crippen molar-refractivity contribution in [3.05, 3.63) is 52.6 Å². The van der Waals surface area contributed by atoms with Crippen LogP contribution < -0.4 is 4.74 Å². The summed E-state index contributed by atoms with van der Waals surface area (Å²) in [4.78, 5) is 0. The molecule has 0 radical (unpaired) electrons. The molecule has 106 valence electrons. The number of ether oxygens (including phenoxy) is 1. The van der Waals surface area contributed by atoms with E-state index in [4.69, 9.17) is 16.3 Å². The Labute approximate surface area is 127 Å². The van der Waals surface area contributed by atoms with Crippen LogP contribution in [-0.4, -0.2) is 6.61 Å². The van der Waals surface area contributed by atoms with Gasteiger partial charge >= 0.3 is 0 Å². The van der Waals surface area contributed by atoms with E-state index in [1.165, 1.54) is 5.56 Å². The molecule has 0 saturated carbocycles. The number of benzene rings is 1. The van der Waals surface area contributed by atoms with Gasteiger partial charge in [-0.1, -0.05) is 48.1 Å². The van der Waals surface area contributed by atoms with E-state index in [2.05, 4.69) is 24.0 Å². The summed E-state index contributed by atoms with van der Waals surface area (Å²) in [6.45, 7) is 6.73. The van der Waals surface area contributed by atoms with E-state index in [1.54, 1.807) is 6.08 Å². The van der Waals surface area contributed by atoms with E-state index >= 15 is 0 Å². The summed E-state index contributed by atoms with van der Waals surface area (Å²) >= 11 is 6.24. The van der Waals surface area contributed by atoms with Crippen molar-refractivity contribution < 1.29 is 4.74 Å². The lowest BCUT2D eigenvalue weighted by molar-refractivity contribution is 0.340. The van der Waals surface area contributed by atoms with Crippen molar-refractivity contribution in [2.45, 2.75) is 33.6 Å². The first-order valence-electron chi connectivity index (χ1n) is 6.89. The van der Waals surface area contributed by atoms with E-state index in [9.17, 15) is 0 Å². The molecule has 0 aromatic heterocycles. The maximum Gasteiger partial charge on any atom is 0.119 e. The molecule has 0 atom stereocenters. The summed E-state index contributed by atoms with van der Waals surface area (Å²) < 4.78 is 5.42. The number of hydrogen-bond donors (Lipinski definition) is 0. The van der Waals surface area contributed by atoms with Gasteiger partial charge < -0.3 is 4.74 Å². The molecule has 0 amide bonds. The van der Waals surface area contributed by atoms with Crippen LogP contribution in [0.3, 0.4) is 0 Å². The van der Waals surface area contributed by atoms with Crippen molar-refractivity contribution in [3.8, 4) is 17.6 Å². The Hall–Kier alpha value is -1.65. The van der Waals surface area contributed by atoms with Gasteiger partial charge in [-0.05, 0) is 50.1 Å². The fraction of sp³-hybridized carbons (Fsp3) is 0.333. The molecule has 0 fully saturated rings. The predicted molar refractivity (Wildman–Crippen MR) is 87.1 cm³/mol. The zero-order chi connectivity index (χ0) is 14.8. The lowest BCUT2D eigenvalue weighted by atomic mass is 10.1. The van der Waals surface area contributed by atoms with E-state index in [0.717, 1.165) is 29.2 Å². The molecule has 0 aliphatic rings. The van der Waals surface area contributed by atoms with Crippen molar-refractivity contribution in [1.82, 2.24) is 0 Å². The van der Waals surface area contributed by atoms with Crippen molar-refractivity contribution in [2.24, 2.45) is 0 Å². The highest BCUT2D eigenvalue weighted by Gasteiger charge is 2.00. The Bertz CT molecular complexity index is 527. The Morgan fingerprint density at radius 3 is 2.55 bits per heavy atom. The summed E-state index contributed by atoms with van der Waals surface area (Å²) in [6.07, 6.45) is 5.34. The Kier molecular flexibility index (Phi) is 7.62. The molecule has 0 unspecified atom stereocenters. The third-order valence-corrected chi connectivity index (χ3v) is 3.15. The topological polar surface area (TPSA) is 9.23 Å². The minimum atomic E-state index is 0.688. The number of halogens is 1. The summed E-state index contributed by atoms with van der Waals surface area (Å²) in [5, 5.41) is 0.754. The predicted octanol–water partition coefficient (Wildman–Crippen LogP) is 5.11. The Morgan fingerprint density at radius 1 is 1.25 bits per heavy atom. The monoisotopic (exact) mass is 288 g/mol. The minimum Gasteiger partial charge on any atom is -0.494 e. The first-order valence-corrected chi connectivity index (χ1v) is 7.27. The van der Waals surface area contributed by atoms with Gasteiger partial charge in [0.15, 0.2) is 0 Å². The normalized spacial score (nSPS) is 11.8. The Balaban J connectivity index is 2.68. The molecular formula is C18H21ClO. The third-order valence-electron chi connectivity index (χ3n) is 2.70. The van der Waals surface area contributed by atoms with Gasteiger partial charge in [0, 0.05) is 11.5 Å². The van der Waals surface area contributed by atoms with E-state index < -0.39 is 0 Å². The number of rotatable bonds is 5. The number of allylic oxidation sites excluding steroid dienone is 4. The second-order valence-electron chi connectivity index (χ2n) is 4.39. The van der Waals surface area contributed by atoms with Crippen molar-refractivity contribution >= 4 is 11.6 Å². The quantitative estimate of drug-likeness (QED) is 0.540. The van der Waals surface area contributed by atoms with Crippen LogP contribution in [-0.2, 0) is 6.42 Å². The summed E-state index contributed by atoms with van der Waals surface area (Å²) in [5.74, 6) is 6.82. The van der Waals surface area contributed by atoms with Gasteiger partial charge in [0.1, 0.15) is 5.75 Å². The number of hydrogen-bond acceptors (Lipinski definition) is 1. The van der Waals surface area contributed by atoms with E-state index in [1.807, 2.05) is 39.0 Å². The standard InChI is InChI=1S/C18H21ClO/c1-4-6-7-8-9-18(19)15(3)14-16-10-12-17(13-11-16)20-5-2/h8-13H,4-5,14H2,1-3H3/b9-8-,18-15-. The highest BCUT2D eigenvalue weighted by atomic mass is 35.5. The molecule has 0 saturated heterocycles. The second-order valence-corrected chi connectivity index (χ2v) is 4.80. The maximum absolute atomic E-state index is 6.24. The van der Waals surface area contributed by atoms with Gasteiger partial charge in [-0.15, -0.1) is 0 Å². The first-order chi connectivity index (χ1) is 9.67. The van der Waals surface area contributed by atoms with Gasteiger partial charge in [-0.2, -0.15) is 0 Å². The molecule has 0 aliphatic carbocycles. The fourth-order valence-corrected chi connectivity index (χ4v) is 1.81. The van der Waals surface area contributed by atoms with E-state index in [0.29, 0.717) is 6.61 Å². The van der Waals surface area contributed by atoms with Gasteiger partial charge in [0.25, 0.3) is 0 Å². The average Bonchev–Trinajstić information content (AvgIpc) is 2.45. The molecule has 20 heavy (non-hydrogen) atoms. The molecule has 0 N–H and O–H groups in total. The second kappa shape index (κ2) is 9.28. The summed E-state index contributed by atoms with van der Waals surface area (Å²) in [7, 11) is 0. The van der Waals surface area contributed by atoms with Gasteiger partial charge in [0.2, 0.25) is 0 Å². The van der Waals surface area contributed by atoms with Crippen LogP contribution in [0.1, 0.15) is 32.8 Å². The molecule has 1 aromatic rings. The van der Waals surface area contributed by atoms with Crippen molar-refractivity contribution in [1.29, 1.82) is 0 Å². The lowest BCUT2D eigenvalue weighted by Crippen LogP contribution is -1.92. The molecule has 1 nitrogen and oxygen atoms in total. The molecule has 1 aromatic carbocycles. The first kappa shape index (κ1) is 16.4. The lowest BCUT2D eigenvalue weighted by Gasteiger charge is -2.06. The molecular weight excluding hydrogens is 268 g/mol. The summed E-state index contributed by atoms with van der Waals surface area (Å²) in [6, 6.07) is 8.11. The smallest absolute Gasteiger partial charge is 0.119 e. The van der Waals surface area contributed by atoms with Crippen LogP contribution in [0, 0.1) is 11.8 Å². The van der Waals surface area contributed by atoms with Crippen molar-refractivity contribution in [3.63, 3.8) is 0 Å². The highest BCUT2D eigenvalue weighted by Crippen LogP contribution is 2.18. The highest BCUT2D eigenvalue weighted by molar-refractivity contribution is 6.31. The van der Waals surface area contributed by atoms with E-state index in [-0.39, 0.29) is 0 Å². The molecule has 0 spiro atoms. The van der Waals surface area contributed by atoms with Crippen LogP contribution in [0.2, 0.25) is 0 Å². The largest absolute Gasteiger partial charge is 0.494 e. The molecule has 0 aliphatic heterocycles. The van der Waals surface area contributed by atoms with Gasteiger partial charge in [-0.3, -0.25) is 0 Å². The average molecular weight is 289 g/mol. The molecule has 0 bridgehead atoms. The zero-order valence-corrected chi connectivity index (χ0v) is 13.1. The van der Waals surface area contributed by atoms with Gasteiger partial charge in [0.05, 0.1) is 6.61 Å². The van der Waals surface area contributed by atoms with Crippen LogP contribution in [0.4, 0.5) is 0 Å². The zero-order valence-electron chi connectivity index (χ0n) is 12.4. The maximum atomic E-state index is 6.24. The minimum absolute atomic E-state index is 0.688. The third kappa shape index (κ3) is 5.99. The SMILES string of the molecule is CCC#C/C=C\C(Cl)=C(/C)Cc1ccc(OCC)cc1. The summed E-state index contributed by atoms with van der Waals surface area (Å²) in [5.41, 5.74) is 2.35. The van der Waals surface area contributed by atoms with Crippen LogP contribution in [0.5, 0.6) is 5.75 Å². The fourth-order valence-electron chi connectivity index (χ4n) is 1.68. The Morgan fingerprint density at radius 2 is 1.95 bits per heavy atom. The van der Waals surface area contributed by atoms with Crippen LogP contribution >= 0.6 is 11.6 Å².